The number of hydrogen-bond acceptors (Lipinski definition) is 13. The molecule has 12 unspecified atom stereocenters. The van der Waals surface area contributed by atoms with E-state index in [1.807, 2.05) is 0 Å². The van der Waals surface area contributed by atoms with Crippen molar-refractivity contribution in [3.05, 3.63) is 97.2 Å². The van der Waals surface area contributed by atoms with Crippen molar-refractivity contribution in [3.8, 4) is 0 Å². The predicted octanol–water partition coefficient (Wildman–Crippen LogP) is 13.8. The molecule has 2 saturated heterocycles. The molecule has 2 fully saturated rings. The maximum Gasteiger partial charge on any atom is 0.220 e. The number of ether oxygens (including phenoxy) is 4. The van der Waals surface area contributed by atoms with Gasteiger partial charge in [-0.2, -0.15) is 0 Å². The topological polar surface area (TPSA) is 228 Å². The van der Waals surface area contributed by atoms with Crippen LogP contribution in [0.5, 0.6) is 0 Å². The minimum absolute atomic E-state index is 0.213. The average Bonchev–Trinajstić information content (AvgIpc) is 2.46. The highest BCUT2D eigenvalue weighted by molar-refractivity contribution is 5.76. The minimum Gasteiger partial charge on any atom is -0.394 e. The van der Waals surface area contributed by atoms with Gasteiger partial charge >= 0.3 is 0 Å². The molecule has 1 amide bonds. The number of rotatable bonds is 55. The van der Waals surface area contributed by atoms with E-state index < -0.39 is 86.8 Å². The fraction of sp³-hybridized carbons (Fsp3) is 0.764. The molecule has 14 nitrogen and oxygen atoms in total. The van der Waals surface area contributed by atoms with Crippen LogP contribution in [0.3, 0.4) is 0 Å². The highest BCUT2D eigenvalue weighted by Crippen LogP contribution is 2.30. The number of unbranched alkanes of at least 4 members (excludes halogenated alkanes) is 26. The molecule has 12 atom stereocenters. The second-order valence-corrected chi connectivity index (χ2v) is 23.9. The largest absolute Gasteiger partial charge is 0.394 e. The van der Waals surface area contributed by atoms with E-state index in [2.05, 4.69) is 116 Å². The lowest BCUT2D eigenvalue weighted by molar-refractivity contribution is -0.359. The van der Waals surface area contributed by atoms with E-state index in [-0.39, 0.29) is 12.5 Å². The van der Waals surface area contributed by atoms with Crippen LogP contribution in [0.4, 0.5) is 0 Å². The summed E-state index contributed by atoms with van der Waals surface area (Å²) in [4.78, 5) is 13.3. The van der Waals surface area contributed by atoms with E-state index in [1.165, 1.54) is 122 Å². The third-order valence-electron chi connectivity index (χ3n) is 16.3. The molecule has 2 rings (SSSR count). The Kier molecular flexibility index (Phi) is 51.4. The monoisotopic (exact) mass is 1210 g/mol. The Bertz CT molecular complexity index is 1810. The van der Waals surface area contributed by atoms with Crippen molar-refractivity contribution in [3.63, 3.8) is 0 Å². The zero-order chi connectivity index (χ0) is 62.3. The molecular formula is C72H125NO13. The number of hydrogen-bond donors (Lipinski definition) is 9. The van der Waals surface area contributed by atoms with Crippen molar-refractivity contribution in [1.82, 2.24) is 5.32 Å². The van der Waals surface area contributed by atoms with Gasteiger partial charge in [-0.1, -0.05) is 272 Å². The van der Waals surface area contributed by atoms with Crippen LogP contribution in [-0.2, 0) is 23.7 Å². The molecule has 2 aliphatic heterocycles. The number of amides is 1. The Morgan fingerprint density at radius 3 is 1.23 bits per heavy atom. The molecule has 0 aliphatic carbocycles. The number of allylic oxidation sites excluding steroid dienone is 16. The molecule has 0 spiro atoms. The van der Waals surface area contributed by atoms with Gasteiger partial charge in [-0.25, -0.2) is 0 Å². The van der Waals surface area contributed by atoms with Crippen molar-refractivity contribution < 1.29 is 64.6 Å². The fourth-order valence-corrected chi connectivity index (χ4v) is 10.8. The van der Waals surface area contributed by atoms with Gasteiger partial charge in [-0.05, 0) is 77.0 Å². The first-order valence-electron chi connectivity index (χ1n) is 34.5. The van der Waals surface area contributed by atoms with Crippen molar-refractivity contribution in [2.24, 2.45) is 0 Å². The summed E-state index contributed by atoms with van der Waals surface area (Å²) in [6, 6.07) is -0.838. The Hall–Kier alpha value is -3.09. The summed E-state index contributed by atoms with van der Waals surface area (Å²) in [5, 5.41) is 87.5. The molecule has 0 bridgehead atoms. The van der Waals surface area contributed by atoms with Gasteiger partial charge in [-0.15, -0.1) is 0 Å². The smallest absolute Gasteiger partial charge is 0.220 e. The summed E-state index contributed by atoms with van der Waals surface area (Å²) >= 11 is 0. The normalized spacial score (nSPS) is 24.0. The van der Waals surface area contributed by atoms with E-state index in [9.17, 15) is 45.6 Å². The van der Waals surface area contributed by atoms with Gasteiger partial charge in [0, 0.05) is 6.42 Å². The van der Waals surface area contributed by atoms with Gasteiger partial charge in [0.1, 0.15) is 48.8 Å². The second kappa shape index (κ2) is 55.9. The lowest BCUT2D eigenvalue weighted by Gasteiger charge is -2.46. The Balaban J connectivity index is 1.65. The molecule has 0 saturated carbocycles. The molecule has 0 radical (unpaired) electrons. The van der Waals surface area contributed by atoms with E-state index in [0.29, 0.717) is 19.3 Å². The van der Waals surface area contributed by atoms with Crippen LogP contribution in [0.25, 0.3) is 0 Å². The summed E-state index contributed by atoms with van der Waals surface area (Å²) < 4.78 is 22.9. The molecule has 14 heteroatoms. The van der Waals surface area contributed by atoms with Gasteiger partial charge < -0.3 is 65.1 Å². The molecule has 0 aromatic rings. The highest BCUT2D eigenvalue weighted by atomic mass is 16.7. The molecule has 2 aliphatic rings. The minimum atomic E-state index is -1.79. The van der Waals surface area contributed by atoms with Crippen LogP contribution in [0.15, 0.2) is 97.2 Å². The molecule has 2 heterocycles. The molecule has 496 valence electrons. The average molecular weight is 1210 g/mol. The standard InChI is InChI=1S/C72H125NO13/c1-3-5-7-9-11-13-15-17-19-21-22-23-24-25-26-27-28-29-30-31-32-33-34-35-36-37-38-40-42-44-46-48-50-52-54-56-64(77)73-60(61(76)55-53-51-49-47-45-43-41-39-20-18-16-14-12-10-8-6-4-2)59-83-71-69(82)67(80)70(63(58-75)85-71)86-72-68(81)66(79)65(78)62(57-74)84-72/h5,7,11,13,17,19,22-23,25-26,28-29,31-32,34-35,60-63,65-72,74-76,78-82H,3-4,6,8-10,12,14-16,18,20-21,24,27,30,33,36-59H2,1-2H3,(H,73,77)/b7-5-,13-11-,19-17-,23-22-,26-25-,29-28-,32-31-,35-34-. The van der Waals surface area contributed by atoms with E-state index in [0.717, 1.165) is 103 Å². The molecule has 86 heavy (non-hydrogen) atoms. The van der Waals surface area contributed by atoms with Crippen molar-refractivity contribution in [2.75, 3.05) is 19.8 Å². The van der Waals surface area contributed by atoms with Crippen molar-refractivity contribution >= 4 is 5.91 Å². The van der Waals surface area contributed by atoms with E-state index in [1.54, 1.807) is 0 Å². The van der Waals surface area contributed by atoms with E-state index >= 15 is 0 Å². The van der Waals surface area contributed by atoms with Crippen LogP contribution >= 0.6 is 0 Å². The second-order valence-electron chi connectivity index (χ2n) is 23.9. The first-order chi connectivity index (χ1) is 42.1. The summed E-state index contributed by atoms with van der Waals surface area (Å²) in [7, 11) is 0. The van der Waals surface area contributed by atoms with Gasteiger partial charge in [0.15, 0.2) is 12.6 Å². The molecular weight excluding hydrogens is 1090 g/mol. The number of aliphatic hydroxyl groups excluding tert-OH is 8. The Morgan fingerprint density at radius 1 is 0.430 bits per heavy atom. The van der Waals surface area contributed by atoms with Crippen LogP contribution in [0, 0.1) is 0 Å². The van der Waals surface area contributed by atoms with Gasteiger partial charge in [-0.3, -0.25) is 4.79 Å². The lowest BCUT2D eigenvalue weighted by Crippen LogP contribution is -2.65. The zero-order valence-corrected chi connectivity index (χ0v) is 53.8. The SMILES string of the molecule is CC/C=C\C/C=C\C/C=C\C/C=C\C/C=C\C/C=C\C/C=C\C/C=C\CCCCCCCCCCCCC(=O)NC(COC1OC(CO)C(OC2OC(CO)C(O)C(O)C2O)C(O)C1O)C(O)CCCCCCCCCCCCCCCCCCC. The van der Waals surface area contributed by atoms with Crippen LogP contribution in [-0.4, -0.2) is 140 Å². The lowest BCUT2D eigenvalue weighted by atomic mass is 9.97. The third-order valence-corrected chi connectivity index (χ3v) is 16.3. The quantitative estimate of drug-likeness (QED) is 0.0204. The number of aliphatic hydroxyl groups is 8. The van der Waals surface area contributed by atoms with E-state index in [4.69, 9.17) is 18.9 Å². The summed E-state index contributed by atoms with van der Waals surface area (Å²) in [5.74, 6) is -0.213. The Labute approximate surface area is 522 Å². The van der Waals surface area contributed by atoms with Crippen LogP contribution in [0.1, 0.15) is 258 Å². The fourth-order valence-electron chi connectivity index (χ4n) is 10.8. The van der Waals surface area contributed by atoms with Gasteiger partial charge in [0.05, 0.1) is 32.0 Å². The maximum atomic E-state index is 13.3. The van der Waals surface area contributed by atoms with Crippen LogP contribution < -0.4 is 5.32 Å². The van der Waals surface area contributed by atoms with Crippen LogP contribution in [0.2, 0.25) is 0 Å². The predicted molar refractivity (Wildman–Crippen MR) is 350 cm³/mol. The first-order valence-corrected chi connectivity index (χ1v) is 34.5. The van der Waals surface area contributed by atoms with Crippen molar-refractivity contribution in [2.45, 2.75) is 331 Å². The maximum absolute atomic E-state index is 13.3. The molecule has 0 aromatic carbocycles. The Morgan fingerprint density at radius 2 is 0.802 bits per heavy atom. The summed E-state index contributed by atoms with van der Waals surface area (Å²) in [6.07, 6.45) is 61.2. The third kappa shape index (κ3) is 39.8. The molecule has 0 aromatic heterocycles. The number of nitrogens with one attached hydrogen (secondary N) is 1. The molecule has 9 N–H and O–H groups in total. The number of carbonyl (C=O) groups is 1. The summed E-state index contributed by atoms with van der Waals surface area (Å²) in [6.45, 7) is 2.76. The van der Waals surface area contributed by atoms with Gasteiger partial charge in [0.2, 0.25) is 5.91 Å². The zero-order valence-electron chi connectivity index (χ0n) is 53.8. The first kappa shape index (κ1) is 79.0. The number of carbonyl (C=O) groups excluding carboxylic acids is 1. The van der Waals surface area contributed by atoms with Crippen molar-refractivity contribution in [1.29, 1.82) is 0 Å². The van der Waals surface area contributed by atoms with Gasteiger partial charge in [0.25, 0.3) is 0 Å². The highest BCUT2D eigenvalue weighted by Gasteiger charge is 2.51. The summed E-state index contributed by atoms with van der Waals surface area (Å²) in [5.41, 5.74) is 0.